The van der Waals surface area contributed by atoms with Crippen LogP contribution in [0.5, 0.6) is 0 Å². The lowest BCUT2D eigenvalue weighted by Crippen LogP contribution is -2.43. The molecule has 6 rings (SSSR count). The van der Waals surface area contributed by atoms with Crippen LogP contribution in [-0.2, 0) is 46.9 Å². The zero-order valence-corrected chi connectivity index (χ0v) is 30.9. The molecule has 0 bridgehead atoms. The molecule has 2 amide bonds. The number of hydrogen-bond acceptors (Lipinski definition) is 8. The number of fused-ring (bicyclic) bond motifs is 1. The second kappa shape index (κ2) is 17.4. The van der Waals surface area contributed by atoms with Gasteiger partial charge in [0.2, 0.25) is 11.8 Å². The van der Waals surface area contributed by atoms with E-state index in [1.54, 1.807) is 6.07 Å². The molecule has 11 nitrogen and oxygen atoms in total. The van der Waals surface area contributed by atoms with Gasteiger partial charge in [-0.05, 0) is 74.5 Å². The first-order valence-corrected chi connectivity index (χ1v) is 18.8. The molecule has 52 heavy (non-hydrogen) atoms. The lowest BCUT2D eigenvalue weighted by molar-refractivity contribution is -0.132. The van der Waals surface area contributed by atoms with E-state index in [2.05, 4.69) is 46.3 Å². The third-order valence-electron chi connectivity index (χ3n) is 10.3. The van der Waals surface area contributed by atoms with E-state index in [4.69, 9.17) is 15.5 Å². The van der Waals surface area contributed by atoms with Gasteiger partial charge in [-0.15, -0.1) is 0 Å². The summed E-state index contributed by atoms with van der Waals surface area (Å²) in [7, 11) is 2.15. The first-order chi connectivity index (χ1) is 25.2. The SMILES string of the molecule is CCc1nc2c(cnn2CC)c(NC2CCOCC2)c1CN(Cc1ccc(F)c(-c2cccc(CN3CCN(C)CC3)c2)c1)C(=O)CCCC(N)=O. The van der Waals surface area contributed by atoms with Crippen LogP contribution in [0.1, 0.15) is 68.3 Å². The number of nitrogens with two attached hydrogens (primary N) is 1. The van der Waals surface area contributed by atoms with Crippen LogP contribution in [0.2, 0.25) is 0 Å². The summed E-state index contributed by atoms with van der Waals surface area (Å²) in [6, 6.07) is 13.4. The van der Waals surface area contributed by atoms with Crippen LogP contribution in [0.4, 0.5) is 10.1 Å². The predicted molar refractivity (Wildman–Crippen MR) is 202 cm³/mol. The Morgan fingerprint density at radius 3 is 2.54 bits per heavy atom. The van der Waals surface area contributed by atoms with Gasteiger partial charge in [0.05, 0.1) is 17.3 Å². The third kappa shape index (κ3) is 9.15. The first-order valence-electron chi connectivity index (χ1n) is 18.8. The molecule has 0 spiro atoms. The standard InChI is InChI=1S/C40H53FN8O3/c1-4-36-34(39(44-31-14-20-52-21-15-31)33-24-43-49(5-2)40(33)45-36)27-48(38(51)11-7-10-37(42)50)26-29-12-13-35(41)32(23-29)30-9-6-8-28(22-30)25-47-18-16-46(3)17-19-47/h6,8-9,12-13,22-24,31H,4-5,7,10-11,14-21,25-27H2,1-3H3,(H2,42,50)(H,44,45). The summed E-state index contributed by atoms with van der Waals surface area (Å²) in [6.07, 6.45) is 4.92. The summed E-state index contributed by atoms with van der Waals surface area (Å²) in [5, 5.41) is 9.37. The maximum absolute atomic E-state index is 15.6. The normalized spacial score (nSPS) is 16.0. The van der Waals surface area contributed by atoms with Gasteiger partial charge in [0.1, 0.15) is 5.82 Å². The Kier molecular flexibility index (Phi) is 12.5. The first kappa shape index (κ1) is 37.4. The minimum atomic E-state index is -0.434. The number of piperazine rings is 1. The molecule has 0 unspecified atom stereocenters. The van der Waals surface area contributed by atoms with Crippen molar-refractivity contribution in [2.45, 2.75) is 84.6 Å². The summed E-state index contributed by atoms with van der Waals surface area (Å²) in [5.41, 5.74) is 12.3. The van der Waals surface area contributed by atoms with Gasteiger partial charge in [0, 0.05) is 101 Å². The molecule has 4 aromatic rings. The molecule has 2 aromatic carbocycles. The van der Waals surface area contributed by atoms with Gasteiger partial charge in [0.25, 0.3) is 0 Å². The van der Waals surface area contributed by atoms with Crippen LogP contribution in [0, 0.1) is 5.82 Å². The van der Waals surface area contributed by atoms with Gasteiger partial charge in [-0.3, -0.25) is 14.5 Å². The van der Waals surface area contributed by atoms with Crippen molar-refractivity contribution in [1.82, 2.24) is 29.5 Å². The summed E-state index contributed by atoms with van der Waals surface area (Å²) in [5.74, 6) is -0.848. The molecule has 3 N–H and O–H groups in total. The van der Waals surface area contributed by atoms with Crippen molar-refractivity contribution in [2.24, 2.45) is 5.73 Å². The number of aryl methyl sites for hydroxylation is 2. The van der Waals surface area contributed by atoms with E-state index in [0.29, 0.717) is 38.2 Å². The van der Waals surface area contributed by atoms with E-state index in [-0.39, 0.29) is 43.7 Å². The molecule has 0 radical (unpaired) electrons. The summed E-state index contributed by atoms with van der Waals surface area (Å²) >= 11 is 0. The zero-order chi connectivity index (χ0) is 36.6. The Balaban J connectivity index is 1.32. The van der Waals surface area contributed by atoms with Crippen molar-refractivity contribution in [2.75, 3.05) is 51.8 Å². The maximum atomic E-state index is 15.6. The monoisotopic (exact) mass is 712 g/mol. The summed E-state index contributed by atoms with van der Waals surface area (Å²) in [6.45, 7) is 11.6. The molecule has 2 fully saturated rings. The van der Waals surface area contributed by atoms with Gasteiger partial charge >= 0.3 is 0 Å². The van der Waals surface area contributed by atoms with E-state index >= 15 is 4.39 Å². The lowest BCUT2D eigenvalue weighted by Gasteiger charge is -2.32. The van der Waals surface area contributed by atoms with Crippen molar-refractivity contribution in [3.05, 3.63) is 76.9 Å². The van der Waals surface area contributed by atoms with Crippen LogP contribution in [0.3, 0.4) is 0 Å². The van der Waals surface area contributed by atoms with Gasteiger partial charge < -0.3 is 25.6 Å². The second-order valence-corrected chi connectivity index (χ2v) is 14.2. The average molecular weight is 713 g/mol. The number of rotatable bonds is 15. The van der Waals surface area contributed by atoms with E-state index in [1.165, 1.54) is 6.07 Å². The van der Waals surface area contributed by atoms with E-state index in [1.807, 2.05) is 40.9 Å². The molecule has 0 aliphatic carbocycles. The van der Waals surface area contributed by atoms with Gasteiger partial charge in [-0.2, -0.15) is 5.10 Å². The Morgan fingerprint density at radius 1 is 1.02 bits per heavy atom. The number of ether oxygens (including phenoxy) is 1. The molecule has 278 valence electrons. The number of nitrogens with one attached hydrogen (secondary N) is 1. The van der Waals surface area contributed by atoms with Crippen LogP contribution in [0.25, 0.3) is 22.2 Å². The van der Waals surface area contributed by atoms with Crippen molar-refractivity contribution in [3.63, 3.8) is 0 Å². The number of carbonyl (C=O) groups excluding carboxylic acids is 2. The minimum absolute atomic E-state index is 0.107. The van der Waals surface area contributed by atoms with Gasteiger partial charge in [0.15, 0.2) is 5.65 Å². The van der Waals surface area contributed by atoms with Crippen LogP contribution in [-0.4, -0.2) is 93.8 Å². The number of carbonyl (C=O) groups is 2. The van der Waals surface area contributed by atoms with E-state index in [0.717, 1.165) is 90.2 Å². The van der Waals surface area contributed by atoms with Crippen LogP contribution in [0.15, 0.2) is 48.7 Å². The molecule has 2 saturated heterocycles. The third-order valence-corrected chi connectivity index (χ3v) is 10.3. The van der Waals surface area contributed by atoms with Crippen molar-refractivity contribution in [1.29, 1.82) is 0 Å². The molecular weight excluding hydrogens is 659 g/mol. The topological polar surface area (TPSA) is 122 Å². The number of amides is 2. The fourth-order valence-corrected chi connectivity index (χ4v) is 7.29. The summed E-state index contributed by atoms with van der Waals surface area (Å²) < 4.78 is 23.1. The number of anilines is 1. The van der Waals surface area contributed by atoms with Crippen molar-refractivity contribution >= 4 is 28.5 Å². The Labute approximate surface area is 306 Å². The number of primary amides is 1. The highest BCUT2D eigenvalue weighted by atomic mass is 19.1. The number of halogens is 1. The number of benzene rings is 2. The Hall–Kier alpha value is -4.39. The molecule has 0 atom stereocenters. The van der Waals surface area contributed by atoms with Gasteiger partial charge in [-0.1, -0.05) is 31.2 Å². The largest absolute Gasteiger partial charge is 0.381 e. The van der Waals surface area contributed by atoms with Crippen molar-refractivity contribution in [3.8, 4) is 11.1 Å². The molecule has 2 aliphatic rings. The molecule has 12 heteroatoms. The maximum Gasteiger partial charge on any atom is 0.223 e. The highest BCUT2D eigenvalue weighted by Gasteiger charge is 2.25. The van der Waals surface area contributed by atoms with Crippen LogP contribution >= 0.6 is 0 Å². The minimum Gasteiger partial charge on any atom is -0.381 e. The number of aromatic nitrogens is 3. The highest BCUT2D eigenvalue weighted by molar-refractivity contribution is 5.92. The van der Waals surface area contributed by atoms with E-state index < -0.39 is 5.91 Å². The predicted octanol–water partition coefficient (Wildman–Crippen LogP) is 5.34. The fourth-order valence-electron chi connectivity index (χ4n) is 7.29. The lowest BCUT2D eigenvalue weighted by atomic mass is 9.99. The number of pyridine rings is 1. The molecule has 0 saturated carbocycles. The number of likely N-dealkylation sites (N-methyl/N-ethyl adjacent to an activating group) is 1. The van der Waals surface area contributed by atoms with Crippen molar-refractivity contribution < 1.29 is 18.7 Å². The smallest absolute Gasteiger partial charge is 0.223 e. The Morgan fingerprint density at radius 2 is 1.81 bits per heavy atom. The molecule has 2 aliphatic heterocycles. The molecule has 4 heterocycles. The number of nitrogens with zero attached hydrogens (tertiary/aromatic N) is 6. The number of hydrogen-bond donors (Lipinski definition) is 2. The Bertz CT molecular complexity index is 1850. The fraction of sp³-hybridized carbons (Fsp3) is 0.500. The van der Waals surface area contributed by atoms with Gasteiger partial charge in [-0.25, -0.2) is 14.1 Å². The second-order valence-electron chi connectivity index (χ2n) is 14.2. The van der Waals surface area contributed by atoms with Crippen LogP contribution < -0.4 is 11.1 Å². The average Bonchev–Trinajstić information content (AvgIpc) is 3.57. The highest BCUT2D eigenvalue weighted by Crippen LogP contribution is 2.33. The molecular formula is C40H53FN8O3. The molecule has 2 aromatic heterocycles. The zero-order valence-electron chi connectivity index (χ0n) is 30.9. The van der Waals surface area contributed by atoms with E-state index in [9.17, 15) is 9.59 Å². The quantitative estimate of drug-likeness (QED) is 0.170. The summed E-state index contributed by atoms with van der Waals surface area (Å²) in [4.78, 5) is 37.3.